The van der Waals surface area contributed by atoms with E-state index in [1.54, 1.807) is 0 Å². The highest BCUT2D eigenvalue weighted by atomic mass is 16.1. The van der Waals surface area contributed by atoms with E-state index in [0.29, 0.717) is 6.42 Å². The normalized spacial score (nSPS) is 12.4. The fourth-order valence-electron chi connectivity index (χ4n) is 0.999. The number of carbonyl (C=O) groups excluding carboxylic acids is 1. The van der Waals surface area contributed by atoms with Crippen LogP contribution in [0.4, 0.5) is 0 Å². The molecule has 0 aliphatic carbocycles. The van der Waals surface area contributed by atoms with Crippen molar-refractivity contribution in [2.75, 3.05) is 0 Å². The third-order valence-corrected chi connectivity index (χ3v) is 1.73. The van der Waals surface area contributed by atoms with Crippen LogP contribution in [0, 0.1) is 12.8 Å². The van der Waals surface area contributed by atoms with E-state index in [9.17, 15) is 4.79 Å². The minimum Gasteiger partial charge on any atom is -0.369 e. The van der Waals surface area contributed by atoms with Crippen LogP contribution in [0.2, 0.25) is 0 Å². The van der Waals surface area contributed by atoms with Crippen molar-refractivity contribution < 1.29 is 4.79 Å². The van der Waals surface area contributed by atoms with Crippen LogP contribution in [0.3, 0.4) is 0 Å². The first-order valence-electron chi connectivity index (χ1n) is 3.86. The van der Waals surface area contributed by atoms with E-state index in [1.807, 2.05) is 30.3 Å². The predicted octanol–water partition coefficient (Wildman–Crippen LogP) is 1.16. The molecule has 1 amide bonds. The average molecular weight is 162 g/mol. The Hall–Kier alpha value is -1.31. The van der Waals surface area contributed by atoms with E-state index >= 15 is 0 Å². The summed E-state index contributed by atoms with van der Waals surface area (Å²) in [5.41, 5.74) is 6.18. The maximum Gasteiger partial charge on any atom is 0.220 e. The number of carbonyl (C=O) groups is 1. The van der Waals surface area contributed by atoms with Crippen molar-refractivity contribution in [1.29, 1.82) is 0 Å². The van der Waals surface area contributed by atoms with Gasteiger partial charge in [0.25, 0.3) is 0 Å². The van der Waals surface area contributed by atoms with Crippen molar-refractivity contribution in [2.45, 2.75) is 6.42 Å². The molecule has 1 aromatic rings. The summed E-state index contributed by atoms with van der Waals surface area (Å²) in [6.45, 7) is 3.66. The maximum atomic E-state index is 10.7. The monoisotopic (exact) mass is 162 g/mol. The van der Waals surface area contributed by atoms with E-state index in [2.05, 4.69) is 6.92 Å². The Morgan fingerprint density at radius 3 is 2.50 bits per heavy atom. The van der Waals surface area contributed by atoms with Crippen molar-refractivity contribution in [3.63, 3.8) is 0 Å². The summed E-state index contributed by atoms with van der Waals surface area (Å²) in [7, 11) is 0. The third kappa shape index (κ3) is 2.38. The van der Waals surface area contributed by atoms with Gasteiger partial charge in [-0.2, -0.15) is 0 Å². The Balaban J connectivity index is 2.58. The molecule has 0 bridgehead atoms. The minimum absolute atomic E-state index is 0.326. The summed E-state index contributed by atoms with van der Waals surface area (Å²) in [4.78, 5) is 10.7. The van der Waals surface area contributed by atoms with E-state index in [0.717, 1.165) is 5.56 Å². The molecule has 12 heavy (non-hydrogen) atoms. The molecule has 0 fully saturated rings. The van der Waals surface area contributed by atoms with Gasteiger partial charge in [-0.25, -0.2) is 0 Å². The first kappa shape index (κ1) is 8.78. The molecule has 2 N–H and O–H groups in total. The molecule has 63 valence electrons. The van der Waals surface area contributed by atoms with Gasteiger partial charge in [-0.15, -0.1) is 0 Å². The number of amides is 1. The second-order valence-electron chi connectivity index (χ2n) is 2.79. The van der Waals surface area contributed by atoms with Gasteiger partial charge < -0.3 is 5.73 Å². The number of hydrogen-bond acceptors (Lipinski definition) is 1. The largest absolute Gasteiger partial charge is 0.369 e. The maximum absolute atomic E-state index is 10.7. The van der Waals surface area contributed by atoms with E-state index in [1.165, 1.54) is 0 Å². The topological polar surface area (TPSA) is 43.1 Å². The molecule has 0 spiro atoms. The number of hydrogen-bond donors (Lipinski definition) is 1. The first-order valence-corrected chi connectivity index (χ1v) is 3.86. The molecule has 2 nitrogen and oxygen atoms in total. The van der Waals surface area contributed by atoms with Gasteiger partial charge >= 0.3 is 0 Å². The fourth-order valence-corrected chi connectivity index (χ4v) is 0.999. The number of rotatable bonds is 3. The van der Waals surface area contributed by atoms with Gasteiger partial charge in [0, 0.05) is 5.92 Å². The molecule has 0 aliphatic heterocycles. The fraction of sp³-hybridized carbons (Fsp3) is 0.200. The zero-order chi connectivity index (χ0) is 8.97. The Morgan fingerprint density at radius 1 is 1.42 bits per heavy atom. The summed E-state index contributed by atoms with van der Waals surface area (Å²) >= 11 is 0. The van der Waals surface area contributed by atoms with Crippen LogP contribution in [0.15, 0.2) is 30.3 Å². The number of primary amides is 1. The molecule has 1 aromatic carbocycles. The molecule has 0 unspecified atom stereocenters. The van der Waals surface area contributed by atoms with E-state index in [-0.39, 0.29) is 11.8 Å². The van der Waals surface area contributed by atoms with Crippen molar-refractivity contribution in [3.05, 3.63) is 42.8 Å². The van der Waals surface area contributed by atoms with Gasteiger partial charge in [0.2, 0.25) is 5.91 Å². The summed E-state index contributed by atoms with van der Waals surface area (Å²) in [5.74, 6) is -0.675. The quantitative estimate of drug-likeness (QED) is 0.712. The Morgan fingerprint density at radius 2 is 2.00 bits per heavy atom. The SMILES string of the molecule is [CH2][C@H](Cc1ccccc1)C(N)=O. The van der Waals surface area contributed by atoms with Gasteiger partial charge in [-0.05, 0) is 18.9 Å². The summed E-state index contributed by atoms with van der Waals surface area (Å²) in [6.07, 6.45) is 0.621. The zero-order valence-corrected chi connectivity index (χ0v) is 6.86. The first-order chi connectivity index (χ1) is 5.70. The van der Waals surface area contributed by atoms with Crippen LogP contribution in [0.25, 0.3) is 0 Å². The molecular formula is C10H12NO. The molecular weight excluding hydrogens is 150 g/mol. The highest BCUT2D eigenvalue weighted by molar-refractivity contribution is 5.77. The van der Waals surface area contributed by atoms with Crippen LogP contribution in [-0.4, -0.2) is 5.91 Å². The molecule has 0 saturated carbocycles. The van der Waals surface area contributed by atoms with E-state index < -0.39 is 0 Å². The summed E-state index contributed by atoms with van der Waals surface area (Å²) in [5, 5.41) is 0. The molecule has 1 rings (SSSR count). The lowest BCUT2D eigenvalue weighted by Gasteiger charge is -2.05. The second kappa shape index (κ2) is 3.90. The van der Waals surface area contributed by atoms with Crippen molar-refractivity contribution in [2.24, 2.45) is 11.7 Å². The van der Waals surface area contributed by atoms with Gasteiger partial charge in [0.15, 0.2) is 0 Å². The molecule has 0 heterocycles. The molecule has 0 aliphatic rings. The van der Waals surface area contributed by atoms with Crippen LogP contribution in [0.5, 0.6) is 0 Å². The second-order valence-corrected chi connectivity index (χ2v) is 2.79. The lowest BCUT2D eigenvalue weighted by atomic mass is 10.0. The smallest absolute Gasteiger partial charge is 0.220 e. The van der Waals surface area contributed by atoms with Crippen LogP contribution >= 0.6 is 0 Å². The Labute approximate surface area is 72.4 Å². The van der Waals surface area contributed by atoms with Crippen molar-refractivity contribution >= 4 is 5.91 Å². The highest BCUT2D eigenvalue weighted by Crippen LogP contribution is 2.06. The molecule has 0 saturated heterocycles. The Bertz CT molecular complexity index is 256. The summed E-state index contributed by atoms with van der Waals surface area (Å²) < 4.78 is 0. The minimum atomic E-state index is -0.348. The number of benzene rings is 1. The van der Waals surface area contributed by atoms with Crippen molar-refractivity contribution in [1.82, 2.24) is 0 Å². The predicted molar refractivity (Wildman–Crippen MR) is 48.2 cm³/mol. The lowest BCUT2D eigenvalue weighted by Crippen LogP contribution is -2.22. The van der Waals surface area contributed by atoms with Gasteiger partial charge in [-0.3, -0.25) is 4.79 Å². The van der Waals surface area contributed by atoms with Gasteiger partial charge in [0.05, 0.1) is 0 Å². The van der Waals surface area contributed by atoms with E-state index in [4.69, 9.17) is 5.73 Å². The van der Waals surface area contributed by atoms with Crippen molar-refractivity contribution in [3.8, 4) is 0 Å². The van der Waals surface area contributed by atoms with Gasteiger partial charge in [0.1, 0.15) is 0 Å². The molecule has 1 atom stereocenters. The molecule has 0 aromatic heterocycles. The third-order valence-electron chi connectivity index (χ3n) is 1.73. The highest BCUT2D eigenvalue weighted by Gasteiger charge is 2.08. The number of nitrogens with two attached hydrogens (primary N) is 1. The van der Waals surface area contributed by atoms with Gasteiger partial charge in [-0.1, -0.05) is 30.3 Å². The average Bonchev–Trinajstić information content (AvgIpc) is 2.06. The molecule has 2 heteroatoms. The molecule has 1 radical (unpaired) electrons. The van der Waals surface area contributed by atoms with Crippen LogP contribution in [-0.2, 0) is 11.2 Å². The Kier molecular flexibility index (Phi) is 2.86. The standard InChI is InChI=1S/C10H12NO/c1-8(10(11)12)7-9-5-3-2-4-6-9/h2-6,8H,1,7H2,(H2,11,12)/t8-/m1/s1. The van der Waals surface area contributed by atoms with Crippen LogP contribution in [0.1, 0.15) is 5.56 Å². The van der Waals surface area contributed by atoms with Crippen LogP contribution < -0.4 is 5.73 Å². The zero-order valence-electron chi connectivity index (χ0n) is 6.86. The lowest BCUT2D eigenvalue weighted by molar-refractivity contribution is -0.120. The summed E-state index contributed by atoms with van der Waals surface area (Å²) in [6, 6.07) is 9.72.